The maximum Gasteiger partial charge on any atom is 0.218 e. The molecule has 0 bridgehead atoms. The van der Waals surface area contributed by atoms with Crippen LogP contribution in [0.1, 0.15) is 5.82 Å². The van der Waals surface area contributed by atoms with Crippen LogP contribution in [0.3, 0.4) is 0 Å². The SMILES string of the molecule is Cn1nc(CON)nc1N. The van der Waals surface area contributed by atoms with Crippen LogP contribution in [-0.4, -0.2) is 14.8 Å². The first-order chi connectivity index (χ1) is 4.74. The van der Waals surface area contributed by atoms with Crippen LogP contribution in [-0.2, 0) is 18.5 Å². The Hall–Kier alpha value is -1.14. The standard InChI is InChI=1S/C4H9N5O/c1-9-4(5)7-3(8-9)2-10-6/h2,6H2,1H3,(H2,5,7,8). The van der Waals surface area contributed by atoms with Crippen molar-refractivity contribution in [2.75, 3.05) is 5.73 Å². The van der Waals surface area contributed by atoms with E-state index in [9.17, 15) is 0 Å². The van der Waals surface area contributed by atoms with Crippen molar-refractivity contribution < 1.29 is 4.84 Å². The van der Waals surface area contributed by atoms with Crippen molar-refractivity contribution in [2.24, 2.45) is 12.9 Å². The van der Waals surface area contributed by atoms with Gasteiger partial charge in [0.25, 0.3) is 0 Å². The predicted octanol–water partition coefficient (Wildman–Crippen LogP) is -1.21. The molecule has 0 atom stereocenters. The normalized spacial score (nSPS) is 10.2. The summed E-state index contributed by atoms with van der Waals surface area (Å²) >= 11 is 0. The number of nitrogens with two attached hydrogens (primary N) is 2. The summed E-state index contributed by atoms with van der Waals surface area (Å²) in [6.07, 6.45) is 0. The third-order valence-electron chi connectivity index (χ3n) is 1.05. The minimum Gasteiger partial charge on any atom is -0.368 e. The molecule has 0 amide bonds. The zero-order valence-corrected chi connectivity index (χ0v) is 5.61. The average Bonchev–Trinajstić information content (AvgIpc) is 2.14. The van der Waals surface area contributed by atoms with E-state index >= 15 is 0 Å². The van der Waals surface area contributed by atoms with Gasteiger partial charge in [-0.1, -0.05) is 0 Å². The Labute approximate surface area is 57.7 Å². The molecule has 4 N–H and O–H groups in total. The van der Waals surface area contributed by atoms with Crippen molar-refractivity contribution in [1.29, 1.82) is 0 Å². The van der Waals surface area contributed by atoms with Gasteiger partial charge in [0.15, 0.2) is 5.82 Å². The highest BCUT2D eigenvalue weighted by Gasteiger charge is 2.01. The quantitative estimate of drug-likeness (QED) is 0.506. The van der Waals surface area contributed by atoms with Gasteiger partial charge in [-0.25, -0.2) is 10.6 Å². The molecular formula is C4H9N5O. The monoisotopic (exact) mass is 143 g/mol. The summed E-state index contributed by atoms with van der Waals surface area (Å²) in [5, 5.41) is 3.88. The van der Waals surface area contributed by atoms with Crippen LogP contribution < -0.4 is 11.6 Å². The molecule has 0 saturated heterocycles. The second-order valence-electron chi connectivity index (χ2n) is 1.82. The molecule has 1 heterocycles. The molecule has 0 radical (unpaired) electrons. The van der Waals surface area contributed by atoms with E-state index in [4.69, 9.17) is 11.6 Å². The van der Waals surface area contributed by atoms with E-state index in [0.29, 0.717) is 11.8 Å². The number of hydrogen-bond acceptors (Lipinski definition) is 5. The van der Waals surface area contributed by atoms with Crippen molar-refractivity contribution in [2.45, 2.75) is 6.61 Å². The lowest BCUT2D eigenvalue weighted by molar-refractivity contribution is 0.118. The molecular weight excluding hydrogens is 134 g/mol. The molecule has 0 aliphatic rings. The molecule has 0 saturated carbocycles. The number of nitrogens with zero attached hydrogens (tertiary/aromatic N) is 3. The largest absolute Gasteiger partial charge is 0.368 e. The highest BCUT2D eigenvalue weighted by molar-refractivity contribution is 5.14. The molecule has 0 unspecified atom stereocenters. The van der Waals surface area contributed by atoms with Crippen LogP contribution in [0.2, 0.25) is 0 Å². The van der Waals surface area contributed by atoms with Gasteiger partial charge in [-0.15, -0.1) is 0 Å². The summed E-state index contributed by atoms with van der Waals surface area (Å²) in [7, 11) is 1.70. The van der Waals surface area contributed by atoms with Crippen molar-refractivity contribution in [3.63, 3.8) is 0 Å². The van der Waals surface area contributed by atoms with E-state index in [2.05, 4.69) is 14.9 Å². The minimum absolute atomic E-state index is 0.186. The first-order valence-electron chi connectivity index (χ1n) is 2.71. The number of rotatable bonds is 2. The fourth-order valence-corrected chi connectivity index (χ4v) is 0.587. The maximum atomic E-state index is 5.36. The van der Waals surface area contributed by atoms with Gasteiger partial charge >= 0.3 is 0 Å². The smallest absolute Gasteiger partial charge is 0.218 e. The summed E-state index contributed by atoms with van der Waals surface area (Å²) in [4.78, 5) is 8.13. The summed E-state index contributed by atoms with van der Waals surface area (Å²) in [5.74, 6) is 5.63. The summed E-state index contributed by atoms with van der Waals surface area (Å²) in [6.45, 7) is 0.186. The lowest BCUT2D eigenvalue weighted by Crippen LogP contribution is -2.01. The fraction of sp³-hybridized carbons (Fsp3) is 0.500. The molecule has 10 heavy (non-hydrogen) atoms. The molecule has 1 aromatic rings. The van der Waals surface area contributed by atoms with Crippen LogP contribution in [0.4, 0.5) is 5.95 Å². The first-order valence-corrected chi connectivity index (χ1v) is 2.71. The van der Waals surface area contributed by atoms with Gasteiger partial charge in [0.1, 0.15) is 6.61 Å². The highest BCUT2D eigenvalue weighted by atomic mass is 16.6. The second-order valence-corrected chi connectivity index (χ2v) is 1.82. The van der Waals surface area contributed by atoms with E-state index in [1.807, 2.05) is 0 Å². The van der Waals surface area contributed by atoms with Crippen LogP contribution in [0.15, 0.2) is 0 Å². The van der Waals surface area contributed by atoms with Gasteiger partial charge in [0, 0.05) is 7.05 Å². The third-order valence-corrected chi connectivity index (χ3v) is 1.05. The Morgan fingerprint density at radius 3 is 2.80 bits per heavy atom. The van der Waals surface area contributed by atoms with Gasteiger partial charge in [-0.2, -0.15) is 10.1 Å². The number of anilines is 1. The first kappa shape index (κ1) is 6.97. The predicted molar refractivity (Wildman–Crippen MR) is 34.4 cm³/mol. The zero-order valence-electron chi connectivity index (χ0n) is 5.61. The zero-order chi connectivity index (χ0) is 7.56. The summed E-state index contributed by atoms with van der Waals surface area (Å²) in [5.41, 5.74) is 5.36. The molecule has 0 aliphatic heterocycles. The van der Waals surface area contributed by atoms with E-state index in [0.717, 1.165) is 0 Å². The van der Waals surface area contributed by atoms with Crippen LogP contribution in [0, 0.1) is 0 Å². The van der Waals surface area contributed by atoms with Crippen molar-refractivity contribution in [1.82, 2.24) is 14.8 Å². The van der Waals surface area contributed by atoms with Gasteiger partial charge in [0.2, 0.25) is 5.95 Å². The van der Waals surface area contributed by atoms with Gasteiger partial charge in [-0.3, -0.25) is 4.84 Å². The second kappa shape index (κ2) is 2.63. The molecule has 1 rings (SSSR count). The average molecular weight is 143 g/mol. The van der Waals surface area contributed by atoms with Gasteiger partial charge in [0.05, 0.1) is 0 Å². The maximum absolute atomic E-state index is 5.36. The Kier molecular flexibility index (Phi) is 1.83. The number of nitrogen functional groups attached to an aromatic ring is 1. The Morgan fingerprint density at radius 2 is 2.40 bits per heavy atom. The number of aromatic nitrogens is 3. The summed E-state index contributed by atoms with van der Waals surface area (Å²) in [6, 6.07) is 0. The highest BCUT2D eigenvalue weighted by Crippen LogP contribution is 1.96. The van der Waals surface area contributed by atoms with E-state index < -0.39 is 0 Å². The lowest BCUT2D eigenvalue weighted by atomic mass is 10.7. The summed E-state index contributed by atoms with van der Waals surface area (Å²) < 4.78 is 1.45. The third kappa shape index (κ3) is 1.23. The number of aryl methyl sites for hydroxylation is 1. The minimum atomic E-state index is 0.186. The van der Waals surface area contributed by atoms with Crippen LogP contribution >= 0.6 is 0 Å². The van der Waals surface area contributed by atoms with Crippen molar-refractivity contribution >= 4 is 5.95 Å². The molecule has 6 heteroatoms. The van der Waals surface area contributed by atoms with Gasteiger partial charge < -0.3 is 5.73 Å². The Bertz CT molecular complexity index is 200. The molecule has 56 valence electrons. The molecule has 6 nitrogen and oxygen atoms in total. The number of hydrogen-bond donors (Lipinski definition) is 2. The van der Waals surface area contributed by atoms with Gasteiger partial charge in [-0.05, 0) is 0 Å². The molecule has 0 spiro atoms. The Balaban J connectivity index is 2.77. The van der Waals surface area contributed by atoms with E-state index in [-0.39, 0.29) is 6.61 Å². The lowest BCUT2D eigenvalue weighted by Gasteiger charge is -1.87. The topological polar surface area (TPSA) is 92.0 Å². The van der Waals surface area contributed by atoms with E-state index in [1.165, 1.54) is 4.68 Å². The fourth-order valence-electron chi connectivity index (χ4n) is 0.587. The molecule has 0 aromatic carbocycles. The Morgan fingerprint density at radius 1 is 1.70 bits per heavy atom. The van der Waals surface area contributed by atoms with Crippen molar-refractivity contribution in [3.8, 4) is 0 Å². The molecule has 1 aromatic heterocycles. The van der Waals surface area contributed by atoms with Crippen LogP contribution in [0.25, 0.3) is 0 Å². The molecule has 0 fully saturated rings. The van der Waals surface area contributed by atoms with E-state index in [1.54, 1.807) is 7.05 Å². The van der Waals surface area contributed by atoms with Crippen molar-refractivity contribution in [3.05, 3.63) is 5.82 Å². The van der Waals surface area contributed by atoms with Crippen LogP contribution in [0.5, 0.6) is 0 Å². The molecule has 0 aliphatic carbocycles.